The Morgan fingerprint density at radius 1 is 1.64 bits per heavy atom. The minimum atomic E-state index is -0.256. The molecule has 0 aromatic carbocycles. The van der Waals surface area contributed by atoms with E-state index in [1.807, 2.05) is 0 Å². The Morgan fingerprint density at radius 2 is 2.29 bits per heavy atom. The van der Waals surface area contributed by atoms with E-state index in [4.69, 9.17) is 5.11 Å². The molecule has 0 heterocycles. The lowest BCUT2D eigenvalue weighted by atomic mass is 10.1. The van der Waals surface area contributed by atoms with Crippen LogP contribution in [0.15, 0.2) is 0 Å². The molecule has 0 spiro atoms. The maximum atomic E-state index is 11.1. The van der Waals surface area contributed by atoms with Gasteiger partial charge < -0.3 is 9.84 Å². The molecular weight excluding hydrogens is 200 g/mol. The molecule has 0 aromatic rings. The number of methoxy groups -OCH3 is 1. The third-order valence-corrected chi connectivity index (χ3v) is 4.01. The summed E-state index contributed by atoms with van der Waals surface area (Å²) in [5.74, 6) is 1.61. The van der Waals surface area contributed by atoms with E-state index in [0.717, 1.165) is 24.3 Å². The quantitative estimate of drug-likeness (QED) is 0.685. The van der Waals surface area contributed by atoms with Gasteiger partial charge in [0.2, 0.25) is 0 Å². The Balaban J connectivity index is 2.19. The number of carbonyl (C=O) groups excluding carboxylic acids is 1. The molecule has 0 unspecified atom stereocenters. The zero-order valence-electron chi connectivity index (χ0n) is 8.78. The molecule has 82 valence electrons. The van der Waals surface area contributed by atoms with E-state index in [9.17, 15) is 4.79 Å². The van der Waals surface area contributed by atoms with E-state index in [-0.39, 0.29) is 17.5 Å². The fraction of sp³-hybridized carbons (Fsp3) is 0.900. The van der Waals surface area contributed by atoms with Gasteiger partial charge in [-0.3, -0.25) is 4.79 Å². The molecule has 1 fully saturated rings. The van der Waals surface area contributed by atoms with Crippen LogP contribution in [0.3, 0.4) is 0 Å². The Morgan fingerprint density at radius 3 is 2.71 bits per heavy atom. The van der Waals surface area contributed by atoms with Crippen molar-refractivity contribution in [3.63, 3.8) is 0 Å². The fourth-order valence-corrected chi connectivity index (χ4v) is 2.66. The Bertz CT molecular complexity index is 200. The first-order chi connectivity index (χ1) is 6.58. The normalized spacial score (nSPS) is 20.2. The minimum Gasteiger partial charge on any atom is -0.469 e. The van der Waals surface area contributed by atoms with Gasteiger partial charge in [0.1, 0.15) is 0 Å². The van der Waals surface area contributed by atoms with Gasteiger partial charge in [-0.25, -0.2) is 0 Å². The summed E-state index contributed by atoms with van der Waals surface area (Å²) in [4.78, 5) is 11.1. The summed E-state index contributed by atoms with van der Waals surface area (Å²) < 4.78 is 4.66. The molecule has 0 aromatic heterocycles. The predicted octanol–water partition coefficient (Wildman–Crippen LogP) is 1.44. The smallest absolute Gasteiger partial charge is 0.306 e. The summed E-state index contributed by atoms with van der Waals surface area (Å²) in [5.41, 5.74) is 0.187. The van der Waals surface area contributed by atoms with E-state index in [0.29, 0.717) is 6.42 Å². The summed E-state index contributed by atoms with van der Waals surface area (Å²) in [6, 6.07) is 0. The molecule has 0 radical (unpaired) electrons. The van der Waals surface area contributed by atoms with Gasteiger partial charge in [0.15, 0.2) is 0 Å². The van der Waals surface area contributed by atoms with Crippen molar-refractivity contribution < 1.29 is 14.6 Å². The molecule has 0 aliphatic heterocycles. The van der Waals surface area contributed by atoms with Crippen LogP contribution in [0.1, 0.15) is 26.2 Å². The molecule has 0 bridgehead atoms. The Hall–Kier alpha value is -0.220. The average molecular weight is 218 g/mol. The molecule has 0 saturated heterocycles. The van der Waals surface area contributed by atoms with Crippen molar-refractivity contribution in [1.29, 1.82) is 0 Å². The predicted molar refractivity (Wildman–Crippen MR) is 57.3 cm³/mol. The Labute approximate surface area is 89.2 Å². The van der Waals surface area contributed by atoms with Crippen molar-refractivity contribution in [3.05, 3.63) is 0 Å². The van der Waals surface area contributed by atoms with E-state index in [1.54, 1.807) is 18.7 Å². The number of thioether (sulfide) groups is 1. The number of hydrogen-bond donors (Lipinski definition) is 1. The molecule has 4 heteroatoms. The van der Waals surface area contributed by atoms with Crippen LogP contribution in [0.2, 0.25) is 0 Å². The molecule has 0 amide bonds. The number of esters is 1. The van der Waals surface area contributed by atoms with Gasteiger partial charge in [0, 0.05) is 5.75 Å². The number of aliphatic hydroxyl groups excluding tert-OH is 1. The molecule has 1 aliphatic carbocycles. The summed E-state index contributed by atoms with van der Waals surface area (Å²) in [6.07, 6.45) is 2.52. The van der Waals surface area contributed by atoms with Gasteiger partial charge in [-0.1, -0.05) is 0 Å². The number of carbonyl (C=O) groups is 1. The molecule has 1 rings (SSSR count). The van der Waals surface area contributed by atoms with Crippen LogP contribution in [-0.4, -0.2) is 35.8 Å². The van der Waals surface area contributed by atoms with Gasteiger partial charge in [-0.15, -0.1) is 0 Å². The van der Waals surface area contributed by atoms with E-state index in [2.05, 4.69) is 4.74 Å². The minimum absolute atomic E-state index is 0.111. The zero-order valence-corrected chi connectivity index (χ0v) is 9.60. The second-order valence-electron chi connectivity index (χ2n) is 4.12. The largest absolute Gasteiger partial charge is 0.469 e. The second-order valence-corrected chi connectivity index (χ2v) is 5.15. The average Bonchev–Trinajstić information content (AvgIpc) is 2.84. The summed E-state index contributed by atoms with van der Waals surface area (Å²) in [7, 11) is 1.43. The van der Waals surface area contributed by atoms with Crippen molar-refractivity contribution in [2.75, 3.05) is 18.6 Å². The van der Waals surface area contributed by atoms with Crippen molar-refractivity contribution in [2.45, 2.75) is 32.3 Å². The third kappa shape index (κ3) is 3.88. The lowest BCUT2D eigenvalue weighted by molar-refractivity contribution is -0.141. The highest BCUT2D eigenvalue weighted by Gasteiger charge is 2.44. The molecule has 1 atom stereocenters. The first kappa shape index (κ1) is 11.9. The van der Waals surface area contributed by atoms with Gasteiger partial charge in [-0.2, -0.15) is 11.8 Å². The summed E-state index contributed by atoms with van der Waals surface area (Å²) in [6.45, 7) is 1.78. The monoisotopic (exact) mass is 218 g/mol. The number of aliphatic hydroxyl groups is 1. The van der Waals surface area contributed by atoms with Crippen molar-refractivity contribution >= 4 is 17.7 Å². The van der Waals surface area contributed by atoms with Crippen molar-refractivity contribution in [1.82, 2.24) is 0 Å². The molecule has 1 saturated carbocycles. The first-order valence-corrected chi connectivity index (χ1v) is 6.06. The van der Waals surface area contributed by atoms with Crippen LogP contribution in [0.25, 0.3) is 0 Å². The van der Waals surface area contributed by atoms with Gasteiger partial charge >= 0.3 is 5.97 Å². The summed E-state index contributed by atoms with van der Waals surface area (Å²) >= 11 is 1.73. The molecule has 1 aliphatic rings. The maximum absolute atomic E-state index is 11.1. The maximum Gasteiger partial charge on any atom is 0.306 e. The fourth-order valence-electron chi connectivity index (χ4n) is 1.37. The van der Waals surface area contributed by atoms with Crippen LogP contribution in [0, 0.1) is 5.41 Å². The second kappa shape index (κ2) is 5.03. The lowest BCUT2D eigenvalue weighted by Crippen LogP contribution is -2.14. The zero-order chi connectivity index (χ0) is 10.6. The van der Waals surface area contributed by atoms with Crippen LogP contribution in [0.4, 0.5) is 0 Å². The first-order valence-electron chi connectivity index (χ1n) is 4.91. The molecular formula is C10H18O3S. The molecule has 3 nitrogen and oxygen atoms in total. The highest BCUT2D eigenvalue weighted by Crippen LogP contribution is 2.51. The number of ether oxygens (including phenoxy) is 1. The van der Waals surface area contributed by atoms with Gasteiger partial charge in [0.05, 0.1) is 19.6 Å². The van der Waals surface area contributed by atoms with Crippen molar-refractivity contribution in [3.8, 4) is 0 Å². The van der Waals surface area contributed by atoms with Crippen molar-refractivity contribution in [2.24, 2.45) is 5.41 Å². The van der Waals surface area contributed by atoms with Gasteiger partial charge in [0.25, 0.3) is 0 Å². The van der Waals surface area contributed by atoms with E-state index < -0.39 is 0 Å². The third-order valence-electron chi connectivity index (χ3n) is 2.47. The highest BCUT2D eigenvalue weighted by atomic mass is 32.2. The standard InChI is InChI=1S/C10H18O3S/c1-8(11)6-14-7-10(3-4-10)5-9(12)13-2/h8,11H,3-7H2,1-2H3/t8-/m0/s1. The van der Waals surface area contributed by atoms with Crippen LogP contribution < -0.4 is 0 Å². The number of hydrogen-bond acceptors (Lipinski definition) is 4. The lowest BCUT2D eigenvalue weighted by Gasteiger charge is -2.13. The number of rotatable bonds is 6. The highest BCUT2D eigenvalue weighted by molar-refractivity contribution is 7.99. The van der Waals surface area contributed by atoms with Gasteiger partial charge in [-0.05, 0) is 30.9 Å². The summed E-state index contributed by atoms with van der Waals surface area (Å²) in [5, 5.41) is 9.09. The van der Waals surface area contributed by atoms with Crippen LogP contribution >= 0.6 is 11.8 Å². The van der Waals surface area contributed by atoms with E-state index >= 15 is 0 Å². The molecule has 1 N–H and O–H groups in total. The topological polar surface area (TPSA) is 46.5 Å². The van der Waals surface area contributed by atoms with Crippen LogP contribution in [0.5, 0.6) is 0 Å². The SMILES string of the molecule is COC(=O)CC1(CSC[C@H](C)O)CC1. The molecule has 14 heavy (non-hydrogen) atoms. The van der Waals surface area contributed by atoms with E-state index in [1.165, 1.54) is 7.11 Å². The Kier molecular flexibility index (Phi) is 4.26. The van der Waals surface area contributed by atoms with Crippen LogP contribution in [-0.2, 0) is 9.53 Å².